The zero-order valence-electron chi connectivity index (χ0n) is 15.2. The van der Waals surface area contributed by atoms with Gasteiger partial charge in [0.15, 0.2) is 0 Å². The van der Waals surface area contributed by atoms with Gasteiger partial charge in [0, 0.05) is 5.57 Å². The van der Waals surface area contributed by atoms with Crippen molar-refractivity contribution in [3.63, 3.8) is 0 Å². The van der Waals surface area contributed by atoms with Crippen LogP contribution in [0.5, 0.6) is 0 Å². The Hall–Kier alpha value is -1.66. The first-order valence-electron chi connectivity index (χ1n) is 8.78. The van der Waals surface area contributed by atoms with Gasteiger partial charge in [0.2, 0.25) is 0 Å². The summed E-state index contributed by atoms with van der Waals surface area (Å²) in [7, 11) is 0. The normalized spacial score (nSPS) is 42.8. The predicted molar refractivity (Wildman–Crippen MR) is 89.5 cm³/mol. The molecule has 2 fully saturated rings. The molecule has 2 aliphatic heterocycles. The van der Waals surface area contributed by atoms with Crippen LogP contribution >= 0.6 is 0 Å². The monoisotopic (exact) mass is 350 g/mol. The SMILES string of the molecule is C=C1C(=O)O[C@@H]2[C@@H]1[C@@H](O)[C@H](OC(=O)C(C)C)/C(C)=C/CC[C@]1(C)O[C@H]21. The van der Waals surface area contributed by atoms with E-state index in [2.05, 4.69) is 6.58 Å². The summed E-state index contributed by atoms with van der Waals surface area (Å²) in [5.74, 6) is -1.90. The second-order valence-corrected chi connectivity index (χ2v) is 7.76. The average Bonchev–Trinajstić information content (AvgIpc) is 3.11. The van der Waals surface area contributed by atoms with E-state index in [1.54, 1.807) is 13.8 Å². The number of aliphatic hydroxyl groups is 1. The van der Waals surface area contributed by atoms with Crippen LogP contribution in [0.4, 0.5) is 0 Å². The number of allylic oxidation sites excluding steroid dienone is 1. The largest absolute Gasteiger partial charge is 0.455 e. The lowest BCUT2D eigenvalue weighted by Crippen LogP contribution is -2.44. The van der Waals surface area contributed by atoms with Gasteiger partial charge in [-0.1, -0.05) is 26.5 Å². The zero-order chi connectivity index (χ0) is 18.5. The molecule has 25 heavy (non-hydrogen) atoms. The molecule has 0 saturated carbocycles. The molecule has 1 aliphatic carbocycles. The highest BCUT2D eigenvalue weighted by Crippen LogP contribution is 2.50. The van der Waals surface area contributed by atoms with E-state index in [9.17, 15) is 14.7 Å². The summed E-state index contributed by atoms with van der Waals surface area (Å²) in [5, 5.41) is 11.0. The lowest BCUT2D eigenvalue weighted by molar-refractivity contribution is -0.159. The molecule has 0 aromatic heterocycles. The van der Waals surface area contributed by atoms with Crippen LogP contribution in [0.1, 0.15) is 40.5 Å². The smallest absolute Gasteiger partial charge is 0.334 e. The Kier molecular flexibility index (Phi) is 4.54. The lowest BCUT2D eigenvalue weighted by atomic mass is 9.81. The fraction of sp³-hybridized carbons (Fsp3) is 0.684. The van der Waals surface area contributed by atoms with Crippen LogP contribution < -0.4 is 0 Å². The molecule has 3 aliphatic rings. The number of rotatable bonds is 2. The quantitative estimate of drug-likeness (QED) is 0.354. The molecule has 0 bridgehead atoms. The number of epoxide rings is 1. The summed E-state index contributed by atoms with van der Waals surface area (Å²) in [6.45, 7) is 11.1. The minimum atomic E-state index is -1.12. The number of ether oxygens (including phenoxy) is 3. The summed E-state index contributed by atoms with van der Waals surface area (Å²) in [6.07, 6.45) is 0.629. The van der Waals surface area contributed by atoms with Crippen molar-refractivity contribution in [1.82, 2.24) is 0 Å². The summed E-state index contributed by atoms with van der Waals surface area (Å²) in [6, 6.07) is 0. The van der Waals surface area contributed by atoms with Crippen LogP contribution in [0.15, 0.2) is 23.8 Å². The fourth-order valence-electron chi connectivity index (χ4n) is 3.71. The predicted octanol–water partition coefficient (Wildman–Crippen LogP) is 1.91. The highest BCUT2D eigenvalue weighted by Gasteiger charge is 2.63. The van der Waals surface area contributed by atoms with Gasteiger partial charge in [0.1, 0.15) is 24.4 Å². The van der Waals surface area contributed by atoms with Crippen molar-refractivity contribution in [2.24, 2.45) is 11.8 Å². The maximum atomic E-state index is 12.1. The van der Waals surface area contributed by atoms with Gasteiger partial charge < -0.3 is 19.3 Å². The van der Waals surface area contributed by atoms with Gasteiger partial charge >= 0.3 is 11.9 Å². The third-order valence-electron chi connectivity index (χ3n) is 5.45. The molecule has 138 valence electrons. The van der Waals surface area contributed by atoms with Crippen LogP contribution in [-0.4, -0.2) is 47.1 Å². The number of aliphatic hydroxyl groups excluding tert-OH is 1. The van der Waals surface area contributed by atoms with Crippen LogP contribution in [0.2, 0.25) is 0 Å². The van der Waals surface area contributed by atoms with Gasteiger partial charge in [-0.25, -0.2) is 4.79 Å². The topological polar surface area (TPSA) is 85.4 Å². The van der Waals surface area contributed by atoms with E-state index in [1.807, 2.05) is 19.9 Å². The second kappa shape index (κ2) is 6.25. The van der Waals surface area contributed by atoms with Crippen molar-refractivity contribution in [1.29, 1.82) is 0 Å². The summed E-state index contributed by atoms with van der Waals surface area (Å²) < 4.78 is 16.8. The Morgan fingerprint density at radius 3 is 2.80 bits per heavy atom. The third-order valence-corrected chi connectivity index (χ3v) is 5.45. The number of carbonyl (C=O) groups excluding carboxylic acids is 2. The molecule has 6 heteroatoms. The molecule has 6 atom stereocenters. The average molecular weight is 350 g/mol. The van der Waals surface area contributed by atoms with Crippen molar-refractivity contribution in [2.45, 2.75) is 70.6 Å². The molecular formula is C19H26O6. The van der Waals surface area contributed by atoms with E-state index in [0.717, 1.165) is 18.4 Å². The molecule has 6 nitrogen and oxygen atoms in total. The van der Waals surface area contributed by atoms with E-state index in [1.165, 1.54) is 0 Å². The fourth-order valence-corrected chi connectivity index (χ4v) is 3.71. The Morgan fingerprint density at radius 1 is 1.48 bits per heavy atom. The van der Waals surface area contributed by atoms with Crippen molar-refractivity contribution in [3.8, 4) is 0 Å². The Bertz CT molecular complexity index is 636. The summed E-state index contributed by atoms with van der Waals surface area (Å²) in [4.78, 5) is 24.2. The molecule has 2 heterocycles. The minimum Gasteiger partial charge on any atom is -0.455 e. The van der Waals surface area contributed by atoms with Gasteiger partial charge in [-0.3, -0.25) is 4.79 Å². The molecule has 0 radical (unpaired) electrons. The van der Waals surface area contributed by atoms with Gasteiger partial charge in [0.25, 0.3) is 0 Å². The Morgan fingerprint density at radius 2 is 2.16 bits per heavy atom. The molecule has 0 aromatic carbocycles. The number of carbonyl (C=O) groups is 2. The molecule has 0 unspecified atom stereocenters. The van der Waals surface area contributed by atoms with Crippen LogP contribution in [0.3, 0.4) is 0 Å². The van der Waals surface area contributed by atoms with Gasteiger partial charge in [-0.2, -0.15) is 0 Å². The first kappa shape index (κ1) is 18.1. The van der Waals surface area contributed by atoms with Crippen LogP contribution in [0.25, 0.3) is 0 Å². The number of hydrogen-bond donors (Lipinski definition) is 1. The first-order valence-corrected chi connectivity index (χ1v) is 8.78. The lowest BCUT2D eigenvalue weighted by Gasteiger charge is -2.31. The Balaban J connectivity index is 1.95. The number of fused-ring (bicyclic) bond motifs is 3. The van der Waals surface area contributed by atoms with Gasteiger partial charge in [0.05, 0.1) is 17.4 Å². The zero-order valence-corrected chi connectivity index (χ0v) is 15.2. The maximum absolute atomic E-state index is 12.1. The van der Waals surface area contributed by atoms with E-state index < -0.39 is 36.2 Å². The molecule has 3 rings (SSSR count). The van der Waals surface area contributed by atoms with E-state index in [4.69, 9.17) is 14.2 Å². The van der Waals surface area contributed by atoms with Crippen molar-refractivity contribution < 1.29 is 28.9 Å². The second-order valence-electron chi connectivity index (χ2n) is 7.76. The van der Waals surface area contributed by atoms with Gasteiger partial charge in [-0.15, -0.1) is 0 Å². The summed E-state index contributed by atoms with van der Waals surface area (Å²) >= 11 is 0. The highest BCUT2D eigenvalue weighted by atomic mass is 16.6. The molecule has 0 amide bonds. The van der Waals surface area contributed by atoms with Crippen LogP contribution in [0, 0.1) is 11.8 Å². The minimum absolute atomic E-state index is 0.203. The molecule has 0 aromatic rings. The van der Waals surface area contributed by atoms with Crippen molar-refractivity contribution in [3.05, 3.63) is 23.8 Å². The van der Waals surface area contributed by atoms with E-state index in [-0.39, 0.29) is 23.2 Å². The molecule has 2 saturated heterocycles. The van der Waals surface area contributed by atoms with Crippen molar-refractivity contribution in [2.75, 3.05) is 0 Å². The van der Waals surface area contributed by atoms with Crippen LogP contribution in [-0.2, 0) is 23.8 Å². The highest BCUT2D eigenvalue weighted by molar-refractivity contribution is 5.91. The number of esters is 2. The Labute approximate surface area is 147 Å². The first-order chi connectivity index (χ1) is 11.7. The molecular weight excluding hydrogens is 324 g/mol. The summed E-state index contributed by atoms with van der Waals surface area (Å²) in [5.41, 5.74) is 0.593. The standard InChI is InChI=1S/C19H26O6/c1-9(2)17(21)23-14-10(3)7-6-8-19(5)16(25-19)15-12(13(14)20)11(4)18(22)24-15/h7,9,12-16,20H,4,6,8H2,1-3,5H3/b10-7+/t12-,13+,14+,15+,16+,19-/m0/s1. The molecule has 0 spiro atoms. The maximum Gasteiger partial charge on any atom is 0.334 e. The van der Waals surface area contributed by atoms with Crippen molar-refractivity contribution >= 4 is 11.9 Å². The molecule has 1 N–H and O–H groups in total. The third kappa shape index (κ3) is 3.13. The van der Waals surface area contributed by atoms with E-state index >= 15 is 0 Å². The van der Waals surface area contributed by atoms with E-state index in [0.29, 0.717) is 0 Å². The van der Waals surface area contributed by atoms with Gasteiger partial charge in [-0.05, 0) is 32.3 Å². The number of hydrogen-bond acceptors (Lipinski definition) is 6.